The quantitative estimate of drug-likeness (QED) is 0.608. The molecule has 3 nitrogen and oxygen atoms in total. The summed E-state index contributed by atoms with van der Waals surface area (Å²) in [5.74, 6) is -3.79. The van der Waals surface area contributed by atoms with Crippen LogP contribution in [0.3, 0.4) is 0 Å². The monoisotopic (exact) mass is 265 g/mol. The molecule has 0 N–H and O–H groups in total. The van der Waals surface area contributed by atoms with Crippen LogP contribution in [0.15, 0.2) is 12.1 Å². The topological polar surface area (TPSA) is 50.1 Å². The molecule has 2 rings (SSSR count). The lowest BCUT2D eigenvalue weighted by molar-refractivity contribution is -0.140. The Morgan fingerprint density at radius 3 is 2.53 bits per heavy atom. The lowest BCUT2D eigenvalue weighted by Crippen LogP contribution is -2.23. The Kier molecular flexibility index (Phi) is 4.10. The summed E-state index contributed by atoms with van der Waals surface area (Å²) in [5, 5.41) is 8.56. The maximum absolute atomic E-state index is 13.6. The van der Waals surface area contributed by atoms with Gasteiger partial charge in [0.05, 0.1) is 11.5 Å². The van der Waals surface area contributed by atoms with Gasteiger partial charge in [-0.15, -0.1) is 0 Å². The molecule has 0 atom stereocenters. The van der Waals surface area contributed by atoms with E-state index in [9.17, 15) is 13.6 Å². The zero-order valence-electron chi connectivity index (χ0n) is 10.3. The molecule has 0 bridgehead atoms. The lowest BCUT2D eigenvalue weighted by Gasteiger charge is -2.19. The van der Waals surface area contributed by atoms with Crippen molar-refractivity contribution in [3.8, 4) is 11.8 Å². The van der Waals surface area contributed by atoms with Crippen molar-refractivity contribution < 1.29 is 18.3 Å². The van der Waals surface area contributed by atoms with Crippen LogP contribution < -0.4 is 4.74 Å². The third-order valence-corrected chi connectivity index (χ3v) is 3.32. The summed E-state index contributed by atoms with van der Waals surface area (Å²) in [6.07, 6.45) is 4.43. The number of halogens is 2. The van der Waals surface area contributed by atoms with Gasteiger partial charge >= 0.3 is 5.97 Å². The van der Waals surface area contributed by atoms with Gasteiger partial charge < -0.3 is 4.74 Å². The summed E-state index contributed by atoms with van der Waals surface area (Å²) in [7, 11) is 0. The fourth-order valence-corrected chi connectivity index (χ4v) is 2.23. The van der Waals surface area contributed by atoms with Crippen LogP contribution in [0.25, 0.3) is 0 Å². The predicted molar refractivity (Wildman–Crippen MR) is 63.3 cm³/mol. The number of carbonyl (C=O) groups is 1. The van der Waals surface area contributed by atoms with Crippen LogP contribution in [0.4, 0.5) is 8.78 Å². The Morgan fingerprint density at radius 1 is 1.21 bits per heavy atom. The average molecular weight is 265 g/mol. The highest BCUT2D eigenvalue weighted by Crippen LogP contribution is 2.27. The number of carbonyl (C=O) groups excluding carboxylic acids is 1. The van der Waals surface area contributed by atoms with Gasteiger partial charge in [-0.05, 0) is 25.0 Å². The van der Waals surface area contributed by atoms with E-state index in [2.05, 4.69) is 0 Å². The molecule has 0 aromatic heterocycles. The minimum atomic E-state index is -1.29. The maximum Gasteiger partial charge on any atom is 0.314 e. The molecule has 1 aromatic carbocycles. The zero-order chi connectivity index (χ0) is 13.8. The van der Waals surface area contributed by atoms with Crippen molar-refractivity contribution in [2.45, 2.75) is 32.1 Å². The first-order valence-corrected chi connectivity index (χ1v) is 6.23. The van der Waals surface area contributed by atoms with Gasteiger partial charge in [-0.25, -0.2) is 4.39 Å². The number of benzene rings is 1. The van der Waals surface area contributed by atoms with Crippen LogP contribution in [0.5, 0.6) is 5.75 Å². The van der Waals surface area contributed by atoms with E-state index in [1.54, 1.807) is 0 Å². The molecule has 19 heavy (non-hydrogen) atoms. The summed E-state index contributed by atoms with van der Waals surface area (Å²) in [6, 6.07) is 3.73. The van der Waals surface area contributed by atoms with E-state index in [0.29, 0.717) is 0 Å². The molecule has 0 aliphatic heterocycles. The molecule has 1 fully saturated rings. The van der Waals surface area contributed by atoms with Crippen molar-refractivity contribution >= 4 is 5.97 Å². The number of nitrogens with zero attached hydrogens (tertiary/aromatic N) is 1. The van der Waals surface area contributed by atoms with Gasteiger partial charge in [0.1, 0.15) is 6.07 Å². The summed E-state index contributed by atoms with van der Waals surface area (Å²) < 4.78 is 31.8. The smallest absolute Gasteiger partial charge is 0.314 e. The third-order valence-electron chi connectivity index (χ3n) is 3.32. The molecule has 1 aliphatic carbocycles. The highest BCUT2D eigenvalue weighted by Gasteiger charge is 2.25. The number of hydrogen-bond acceptors (Lipinski definition) is 3. The molecule has 0 spiro atoms. The SMILES string of the molecule is N#Cc1ccc(OC(=O)C2CCCCC2)c(F)c1F. The number of ether oxygens (including phenoxy) is 1. The van der Waals surface area contributed by atoms with Crippen LogP contribution >= 0.6 is 0 Å². The Hall–Kier alpha value is -1.96. The minimum absolute atomic E-state index is 0.244. The summed E-state index contributed by atoms with van der Waals surface area (Å²) in [6.45, 7) is 0. The molecule has 5 heteroatoms. The molecular weight excluding hydrogens is 252 g/mol. The molecule has 1 saturated carbocycles. The third kappa shape index (κ3) is 2.90. The highest BCUT2D eigenvalue weighted by molar-refractivity contribution is 5.75. The second-order valence-corrected chi connectivity index (χ2v) is 4.61. The van der Waals surface area contributed by atoms with Crippen molar-refractivity contribution in [1.29, 1.82) is 5.26 Å². The molecule has 0 amide bonds. The van der Waals surface area contributed by atoms with Gasteiger partial charge in [0.2, 0.25) is 5.82 Å². The first-order valence-electron chi connectivity index (χ1n) is 6.23. The van der Waals surface area contributed by atoms with Gasteiger partial charge in [0.25, 0.3) is 0 Å². The number of nitriles is 1. The standard InChI is InChI=1S/C14H13F2NO2/c15-12-10(8-17)6-7-11(13(12)16)19-14(18)9-4-2-1-3-5-9/h6-7,9H,1-5H2. The normalized spacial score (nSPS) is 15.8. The van der Waals surface area contributed by atoms with Crippen LogP contribution in [0.1, 0.15) is 37.7 Å². The Balaban J connectivity index is 2.13. The Labute approximate surface area is 109 Å². The molecule has 100 valence electrons. The molecule has 0 unspecified atom stereocenters. The molecular formula is C14H13F2NO2. The second kappa shape index (κ2) is 5.79. The largest absolute Gasteiger partial charge is 0.423 e. The first kappa shape index (κ1) is 13.5. The maximum atomic E-state index is 13.6. The highest BCUT2D eigenvalue weighted by atomic mass is 19.2. The van der Waals surface area contributed by atoms with E-state index in [1.807, 2.05) is 0 Å². The van der Waals surface area contributed by atoms with E-state index in [0.717, 1.165) is 44.2 Å². The summed E-state index contributed by atoms with van der Waals surface area (Å²) in [5.41, 5.74) is -0.407. The van der Waals surface area contributed by atoms with Crippen molar-refractivity contribution in [2.75, 3.05) is 0 Å². The van der Waals surface area contributed by atoms with E-state index in [-0.39, 0.29) is 5.92 Å². The van der Waals surface area contributed by atoms with Gasteiger partial charge in [-0.2, -0.15) is 9.65 Å². The van der Waals surface area contributed by atoms with Gasteiger partial charge in [0.15, 0.2) is 11.6 Å². The predicted octanol–water partition coefficient (Wildman–Crippen LogP) is 3.32. The van der Waals surface area contributed by atoms with Crippen LogP contribution in [-0.2, 0) is 4.79 Å². The number of esters is 1. The van der Waals surface area contributed by atoms with Crippen molar-refractivity contribution in [3.05, 3.63) is 29.3 Å². The van der Waals surface area contributed by atoms with Crippen molar-refractivity contribution in [1.82, 2.24) is 0 Å². The second-order valence-electron chi connectivity index (χ2n) is 4.61. The van der Waals surface area contributed by atoms with E-state index in [4.69, 9.17) is 10.00 Å². The first-order chi connectivity index (χ1) is 9.13. The summed E-state index contributed by atoms with van der Waals surface area (Å²) >= 11 is 0. The Morgan fingerprint density at radius 2 is 1.89 bits per heavy atom. The molecule has 1 aliphatic rings. The summed E-state index contributed by atoms with van der Waals surface area (Å²) in [4.78, 5) is 11.8. The number of rotatable bonds is 2. The fraction of sp³-hybridized carbons (Fsp3) is 0.429. The van der Waals surface area contributed by atoms with Crippen molar-refractivity contribution in [3.63, 3.8) is 0 Å². The zero-order valence-corrected chi connectivity index (χ0v) is 10.3. The van der Waals surface area contributed by atoms with E-state index >= 15 is 0 Å². The fourth-order valence-electron chi connectivity index (χ4n) is 2.23. The van der Waals surface area contributed by atoms with Gasteiger partial charge in [-0.1, -0.05) is 19.3 Å². The molecule has 0 saturated heterocycles. The van der Waals surface area contributed by atoms with E-state index < -0.39 is 28.9 Å². The average Bonchev–Trinajstić information content (AvgIpc) is 2.45. The lowest BCUT2D eigenvalue weighted by atomic mass is 9.89. The van der Waals surface area contributed by atoms with Gasteiger partial charge in [0, 0.05) is 0 Å². The minimum Gasteiger partial charge on any atom is -0.423 e. The molecule has 0 radical (unpaired) electrons. The Bertz CT molecular complexity index is 531. The van der Waals surface area contributed by atoms with Crippen LogP contribution in [-0.4, -0.2) is 5.97 Å². The van der Waals surface area contributed by atoms with Gasteiger partial charge in [-0.3, -0.25) is 4.79 Å². The van der Waals surface area contributed by atoms with Crippen LogP contribution in [0, 0.1) is 28.9 Å². The van der Waals surface area contributed by atoms with Crippen molar-refractivity contribution in [2.24, 2.45) is 5.92 Å². The van der Waals surface area contributed by atoms with Crippen LogP contribution in [0.2, 0.25) is 0 Å². The number of hydrogen-bond donors (Lipinski definition) is 0. The van der Waals surface area contributed by atoms with E-state index in [1.165, 1.54) is 6.07 Å². The molecule has 0 heterocycles. The molecule has 1 aromatic rings.